The quantitative estimate of drug-likeness (QED) is 0.417. The van der Waals surface area contributed by atoms with Gasteiger partial charge >= 0.3 is 6.03 Å². The Morgan fingerprint density at radius 2 is 2.10 bits per heavy atom. The van der Waals surface area contributed by atoms with Crippen molar-refractivity contribution in [2.24, 2.45) is 5.92 Å². The van der Waals surface area contributed by atoms with E-state index in [1.165, 1.54) is 22.7 Å². The zero-order chi connectivity index (χ0) is 22.4. The van der Waals surface area contributed by atoms with E-state index in [1.54, 1.807) is 13.1 Å². The molecular formula is C19H22ClFN6O4. The monoisotopic (exact) mass is 452 g/mol. The number of hydrogen-bond acceptors (Lipinski definition) is 8. The van der Waals surface area contributed by atoms with Gasteiger partial charge in [-0.15, -0.1) is 0 Å². The number of likely N-dealkylation sites (N-methyl/N-ethyl adjacent to an activating group) is 1. The van der Waals surface area contributed by atoms with Crippen molar-refractivity contribution >= 4 is 17.8 Å². The molecule has 31 heavy (non-hydrogen) atoms. The van der Waals surface area contributed by atoms with Crippen LogP contribution in [-0.2, 0) is 6.42 Å². The van der Waals surface area contributed by atoms with Crippen molar-refractivity contribution in [3.8, 4) is 22.8 Å². The average Bonchev–Trinajstić information content (AvgIpc) is 3.41. The van der Waals surface area contributed by atoms with Crippen LogP contribution in [0.2, 0.25) is 0 Å². The fraction of sp³-hybridized carbons (Fsp3) is 0.368. The first-order chi connectivity index (χ1) is 14.9. The van der Waals surface area contributed by atoms with Crippen molar-refractivity contribution < 1.29 is 23.8 Å². The van der Waals surface area contributed by atoms with Crippen LogP contribution in [0.1, 0.15) is 5.89 Å². The molecule has 0 atom stereocenters. The van der Waals surface area contributed by atoms with Gasteiger partial charge in [-0.05, 0) is 30.0 Å². The number of pyridine rings is 1. The highest BCUT2D eigenvalue weighted by Gasteiger charge is 2.21. The summed E-state index contributed by atoms with van der Waals surface area (Å²) in [6, 6.07) is 3.77. The van der Waals surface area contributed by atoms with Gasteiger partial charge in [0.25, 0.3) is 0 Å². The summed E-state index contributed by atoms with van der Waals surface area (Å²) in [5.41, 5.74) is 1.08. The summed E-state index contributed by atoms with van der Waals surface area (Å²) in [5.74, 6) is -0.285. The molecule has 0 spiro atoms. The molecule has 0 aromatic carbocycles. The zero-order valence-electron chi connectivity index (χ0n) is 16.7. The molecule has 0 fully saturated rings. The van der Waals surface area contributed by atoms with Crippen molar-refractivity contribution in [2.75, 3.05) is 33.4 Å². The maximum Gasteiger partial charge on any atom is 0.342 e. The number of aliphatic hydroxyl groups is 2. The molecule has 3 N–H and O–H groups in total. The Bertz CT molecular complexity index is 1000. The van der Waals surface area contributed by atoms with Crippen LogP contribution in [0.4, 0.5) is 9.18 Å². The predicted octanol–water partition coefficient (Wildman–Crippen LogP) is 1.53. The van der Waals surface area contributed by atoms with Crippen LogP contribution in [0.3, 0.4) is 0 Å². The largest absolute Gasteiger partial charge is 0.438 e. The zero-order valence-corrected chi connectivity index (χ0v) is 17.5. The SMILES string of the molecule is CN(Cl)CCc1nc(-c2ccc(F)cn2)c(-c2ccn(C(=O)NCC(CO)CO)n2)o1. The van der Waals surface area contributed by atoms with E-state index in [4.69, 9.17) is 26.4 Å². The van der Waals surface area contributed by atoms with Crippen LogP contribution in [0, 0.1) is 11.7 Å². The number of nitrogens with zero attached hydrogens (tertiary/aromatic N) is 5. The van der Waals surface area contributed by atoms with Crippen molar-refractivity contribution in [1.82, 2.24) is 29.5 Å². The molecule has 0 saturated heterocycles. The van der Waals surface area contributed by atoms with E-state index < -0.39 is 17.8 Å². The van der Waals surface area contributed by atoms with Gasteiger partial charge in [0, 0.05) is 51.9 Å². The number of hydrogen-bond donors (Lipinski definition) is 3. The Labute approximate surface area is 182 Å². The number of nitrogens with one attached hydrogen (secondary N) is 1. The van der Waals surface area contributed by atoms with Crippen LogP contribution in [-0.4, -0.2) is 73.8 Å². The predicted molar refractivity (Wildman–Crippen MR) is 110 cm³/mol. The molecule has 12 heteroatoms. The van der Waals surface area contributed by atoms with E-state index in [-0.39, 0.29) is 25.5 Å². The van der Waals surface area contributed by atoms with Crippen LogP contribution >= 0.6 is 11.8 Å². The van der Waals surface area contributed by atoms with Crippen molar-refractivity contribution in [2.45, 2.75) is 6.42 Å². The molecule has 0 unspecified atom stereocenters. The van der Waals surface area contributed by atoms with Gasteiger partial charge in [0.1, 0.15) is 17.2 Å². The minimum Gasteiger partial charge on any atom is -0.438 e. The van der Waals surface area contributed by atoms with Crippen LogP contribution in [0.25, 0.3) is 22.8 Å². The van der Waals surface area contributed by atoms with Crippen LogP contribution in [0.15, 0.2) is 35.0 Å². The van der Waals surface area contributed by atoms with Crippen LogP contribution < -0.4 is 5.32 Å². The Balaban J connectivity index is 1.87. The maximum atomic E-state index is 13.3. The number of halogens is 2. The maximum absolute atomic E-state index is 13.3. The second kappa shape index (κ2) is 10.4. The van der Waals surface area contributed by atoms with E-state index in [1.807, 2.05) is 0 Å². The summed E-state index contributed by atoms with van der Waals surface area (Å²) in [7, 11) is 1.70. The normalized spacial score (nSPS) is 11.5. The molecule has 3 aromatic heterocycles. The van der Waals surface area contributed by atoms with Gasteiger partial charge in [0.15, 0.2) is 11.7 Å². The molecule has 3 heterocycles. The molecule has 0 bridgehead atoms. The highest BCUT2D eigenvalue weighted by atomic mass is 35.5. The Morgan fingerprint density at radius 3 is 2.74 bits per heavy atom. The fourth-order valence-corrected chi connectivity index (χ4v) is 2.73. The summed E-state index contributed by atoms with van der Waals surface area (Å²) < 4.78 is 21.7. The molecule has 0 aliphatic heterocycles. The number of oxazole rings is 1. The molecule has 10 nitrogen and oxygen atoms in total. The van der Waals surface area contributed by atoms with Crippen molar-refractivity contribution in [3.05, 3.63) is 42.3 Å². The summed E-state index contributed by atoms with van der Waals surface area (Å²) in [5, 5.41) is 25.0. The van der Waals surface area contributed by atoms with Crippen molar-refractivity contribution in [3.63, 3.8) is 0 Å². The lowest BCUT2D eigenvalue weighted by Crippen LogP contribution is -2.35. The third kappa shape index (κ3) is 5.85. The first-order valence-corrected chi connectivity index (χ1v) is 9.79. The highest BCUT2D eigenvalue weighted by Crippen LogP contribution is 2.31. The molecule has 3 rings (SSSR count). The molecular weight excluding hydrogens is 431 g/mol. The standard InChI is InChI=1S/C19H22ClFN6O4/c1-26(20)6-5-16-24-17(14-3-2-13(21)9-22-14)18(31-16)15-4-7-27(25-15)19(30)23-8-12(10-28)11-29/h2-4,7,9,12,28-29H,5-6,8,10-11H2,1H3,(H,23,30). The second-order valence-electron chi connectivity index (χ2n) is 6.79. The number of carbonyl (C=O) groups excluding carboxylic acids is 1. The lowest BCUT2D eigenvalue weighted by Gasteiger charge is -2.11. The third-order valence-electron chi connectivity index (χ3n) is 4.36. The third-order valence-corrected chi connectivity index (χ3v) is 4.53. The first-order valence-electron chi connectivity index (χ1n) is 9.45. The molecule has 0 aliphatic rings. The molecule has 0 saturated carbocycles. The van der Waals surface area contributed by atoms with Gasteiger partial charge in [-0.1, -0.05) is 0 Å². The van der Waals surface area contributed by atoms with Gasteiger partial charge in [-0.3, -0.25) is 4.98 Å². The number of carbonyl (C=O) groups is 1. The van der Waals surface area contributed by atoms with Gasteiger partial charge in [0.05, 0.1) is 11.9 Å². The first kappa shape index (κ1) is 22.8. The van der Waals surface area contributed by atoms with E-state index in [0.717, 1.165) is 10.9 Å². The van der Waals surface area contributed by atoms with E-state index in [0.29, 0.717) is 35.9 Å². The Kier molecular flexibility index (Phi) is 7.69. The summed E-state index contributed by atoms with van der Waals surface area (Å²) in [6.07, 6.45) is 2.93. The minimum absolute atomic E-state index is 0.0875. The molecule has 0 aliphatic carbocycles. The highest BCUT2D eigenvalue weighted by molar-refractivity contribution is 6.13. The van der Waals surface area contributed by atoms with E-state index in [2.05, 4.69) is 20.4 Å². The summed E-state index contributed by atoms with van der Waals surface area (Å²) >= 11 is 5.86. The number of aliphatic hydroxyl groups excluding tert-OH is 2. The molecule has 1 amide bonds. The smallest absolute Gasteiger partial charge is 0.342 e. The topological polar surface area (TPSA) is 130 Å². The van der Waals surface area contributed by atoms with Gasteiger partial charge in [-0.25, -0.2) is 18.6 Å². The lowest BCUT2D eigenvalue weighted by atomic mass is 10.2. The van der Waals surface area contributed by atoms with Gasteiger partial charge in [0.2, 0.25) is 0 Å². The van der Waals surface area contributed by atoms with Gasteiger partial charge in [-0.2, -0.15) is 9.78 Å². The second-order valence-corrected chi connectivity index (χ2v) is 7.37. The van der Waals surface area contributed by atoms with Gasteiger partial charge < -0.3 is 19.9 Å². The number of amides is 1. The number of aromatic nitrogens is 4. The number of rotatable bonds is 9. The van der Waals surface area contributed by atoms with Crippen molar-refractivity contribution in [1.29, 1.82) is 0 Å². The Hall–Kier alpha value is -2.86. The molecule has 166 valence electrons. The fourth-order valence-electron chi connectivity index (χ4n) is 2.64. The van der Waals surface area contributed by atoms with E-state index in [9.17, 15) is 9.18 Å². The van der Waals surface area contributed by atoms with E-state index >= 15 is 0 Å². The summed E-state index contributed by atoms with van der Waals surface area (Å²) in [6.45, 7) is 0.0523. The molecule has 0 radical (unpaired) electrons. The minimum atomic E-state index is -0.539. The summed E-state index contributed by atoms with van der Waals surface area (Å²) in [4.78, 5) is 20.8. The van der Waals surface area contributed by atoms with Crippen LogP contribution in [0.5, 0.6) is 0 Å². The Morgan fingerprint density at radius 1 is 1.32 bits per heavy atom. The molecule has 3 aromatic rings. The average molecular weight is 453 g/mol. The lowest BCUT2D eigenvalue weighted by molar-refractivity contribution is 0.149.